The van der Waals surface area contributed by atoms with E-state index in [0.717, 1.165) is 0 Å². The molecule has 0 aliphatic heterocycles. The van der Waals surface area contributed by atoms with Crippen LogP contribution in [0.5, 0.6) is 0 Å². The molecule has 8 heteroatoms. The first-order valence-corrected chi connectivity index (χ1v) is 7.18. The topological polar surface area (TPSA) is 101 Å². The van der Waals surface area contributed by atoms with E-state index >= 15 is 0 Å². The SMILES string of the molecule is C=CCNS(=O)(=O)c1cccc(C(=O)NCCN)c1.Cl. The largest absolute Gasteiger partial charge is 0.351 e. The van der Waals surface area contributed by atoms with Gasteiger partial charge in [0.1, 0.15) is 0 Å². The Morgan fingerprint density at radius 1 is 1.40 bits per heavy atom. The molecule has 0 aliphatic rings. The molecule has 0 radical (unpaired) electrons. The Morgan fingerprint density at radius 2 is 2.10 bits per heavy atom. The normalized spacial score (nSPS) is 10.4. The van der Waals surface area contributed by atoms with Gasteiger partial charge in [-0.25, -0.2) is 13.1 Å². The molecule has 0 fully saturated rings. The van der Waals surface area contributed by atoms with Gasteiger partial charge in [-0.15, -0.1) is 19.0 Å². The fourth-order valence-electron chi connectivity index (χ4n) is 1.34. The maximum absolute atomic E-state index is 11.9. The summed E-state index contributed by atoms with van der Waals surface area (Å²) in [6.45, 7) is 4.23. The minimum Gasteiger partial charge on any atom is -0.351 e. The lowest BCUT2D eigenvalue weighted by Crippen LogP contribution is -2.29. The summed E-state index contributed by atoms with van der Waals surface area (Å²) in [5.74, 6) is -0.355. The number of hydrogen-bond donors (Lipinski definition) is 3. The van der Waals surface area contributed by atoms with E-state index in [1.165, 1.54) is 24.3 Å². The Hall–Kier alpha value is -1.41. The van der Waals surface area contributed by atoms with E-state index in [2.05, 4.69) is 16.6 Å². The van der Waals surface area contributed by atoms with Gasteiger partial charge in [0.15, 0.2) is 0 Å². The molecular weight excluding hydrogens is 302 g/mol. The zero-order valence-corrected chi connectivity index (χ0v) is 12.5. The number of benzene rings is 1. The number of hydrogen-bond acceptors (Lipinski definition) is 4. The van der Waals surface area contributed by atoms with Crippen LogP contribution in [-0.2, 0) is 10.0 Å². The van der Waals surface area contributed by atoms with Crippen molar-refractivity contribution >= 4 is 28.3 Å². The van der Waals surface area contributed by atoms with Crippen LogP contribution in [0.25, 0.3) is 0 Å². The van der Waals surface area contributed by atoms with Crippen LogP contribution in [0.2, 0.25) is 0 Å². The van der Waals surface area contributed by atoms with Crippen molar-refractivity contribution in [2.75, 3.05) is 19.6 Å². The van der Waals surface area contributed by atoms with Crippen LogP contribution in [0, 0.1) is 0 Å². The highest BCUT2D eigenvalue weighted by Crippen LogP contribution is 2.11. The lowest BCUT2D eigenvalue weighted by atomic mass is 10.2. The zero-order valence-electron chi connectivity index (χ0n) is 10.8. The van der Waals surface area contributed by atoms with Crippen molar-refractivity contribution in [2.24, 2.45) is 5.73 Å². The molecule has 112 valence electrons. The smallest absolute Gasteiger partial charge is 0.251 e. The molecule has 0 saturated heterocycles. The second kappa shape index (κ2) is 8.70. The van der Waals surface area contributed by atoms with Crippen LogP contribution < -0.4 is 15.8 Å². The Morgan fingerprint density at radius 3 is 2.70 bits per heavy atom. The van der Waals surface area contributed by atoms with Gasteiger partial charge in [0, 0.05) is 25.2 Å². The highest BCUT2D eigenvalue weighted by atomic mass is 35.5. The van der Waals surface area contributed by atoms with Gasteiger partial charge in [-0.05, 0) is 18.2 Å². The third-order valence-corrected chi connectivity index (χ3v) is 3.68. The summed E-state index contributed by atoms with van der Waals surface area (Å²) in [5, 5.41) is 2.58. The summed E-state index contributed by atoms with van der Waals surface area (Å²) in [5.41, 5.74) is 5.55. The Labute approximate surface area is 124 Å². The number of amides is 1. The maximum Gasteiger partial charge on any atom is 0.251 e. The van der Waals surface area contributed by atoms with E-state index in [-0.39, 0.29) is 35.3 Å². The first-order chi connectivity index (χ1) is 9.01. The van der Waals surface area contributed by atoms with Gasteiger partial charge in [0.05, 0.1) is 4.90 Å². The van der Waals surface area contributed by atoms with Crippen LogP contribution >= 0.6 is 12.4 Å². The van der Waals surface area contributed by atoms with Crippen LogP contribution in [0.4, 0.5) is 0 Å². The van der Waals surface area contributed by atoms with Crippen LogP contribution in [0.3, 0.4) is 0 Å². The van der Waals surface area contributed by atoms with Gasteiger partial charge < -0.3 is 11.1 Å². The zero-order chi connectivity index (χ0) is 14.3. The first-order valence-electron chi connectivity index (χ1n) is 5.70. The highest BCUT2D eigenvalue weighted by molar-refractivity contribution is 7.89. The summed E-state index contributed by atoms with van der Waals surface area (Å²) >= 11 is 0. The van der Waals surface area contributed by atoms with Crippen molar-refractivity contribution < 1.29 is 13.2 Å². The van der Waals surface area contributed by atoms with Gasteiger partial charge in [0.2, 0.25) is 10.0 Å². The molecule has 1 amide bonds. The van der Waals surface area contributed by atoms with E-state index in [9.17, 15) is 13.2 Å². The minimum absolute atomic E-state index is 0. The lowest BCUT2D eigenvalue weighted by Gasteiger charge is -2.07. The molecule has 0 bridgehead atoms. The fourth-order valence-corrected chi connectivity index (χ4v) is 2.39. The number of sulfonamides is 1. The predicted molar refractivity (Wildman–Crippen MR) is 80.5 cm³/mol. The molecule has 1 rings (SSSR count). The van der Waals surface area contributed by atoms with E-state index in [4.69, 9.17) is 5.73 Å². The number of rotatable bonds is 7. The van der Waals surface area contributed by atoms with Gasteiger partial charge in [0.25, 0.3) is 5.91 Å². The number of carbonyl (C=O) groups excluding carboxylic acids is 1. The summed E-state index contributed by atoms with van der Waals surface area (Å²) < 4.78 is 26.1. The van der Waals surface area contributed by atoms with Crippen molar-refractivity contribution in [1.29, 1.82) is 0 Å². The van der Waals surface area contributed by atoms with Gasteiger partial charge in [-0.2, -0.15) is 0 Å². The quantitative estimate of drug-likeness (QED) is 0.627. The van der Waals surface area contributed by atoms with Crippen molar-refractivity contribution in [3.8, 4) is 0 Å². The fraction of sp³-hybridized carbons (Fsp3) is 0.250. The third kappa shape index (κ3) is 5.30. The van der Waals surface area contributed by atoms with E-state index in [0.29, 0.717) is 13.1 Å². The second-order valence-electron chi connectivity index (χ2n) is 3.71. The van der Waals surface area contributed by atoms with Gasteiger partial charge in [-0.3, -0.25) is 4.79 Å². The molecule has 0 saturated carbocycles. The van der Waals surface area contributed by atoms with E-state index in [1.807, 2.05) is 0 Å². The summed E-state index contributed by atoms with van der Waals surface area (Å²) in [6, 6.07) is 5.79. The molecule has 4 N–H and O–H groups in total. The average molecular weight is 320 g/mol. The Bertz CT molecular complexity index is 561. The molecular formula is C12H18ClN3O3S. The molecule has 6 nitrogen and oxygen atoms in total. The van der Waals surface area contributed by atoms with Crippen LogP contribution in [0.1, 0.15) is 10.4 Å². The van der Waals surface area contributed by atoms with Crippen molar-refractivity contribution in [1.82, 2.24) is 10.0 Å². The Balaban J connectivity index is 0.00000361. The summed E-state index contributed by atoms with van der Waals surface area (Å²) in [7, 11) is -3.62. The van der Waals surface area contributed by atoms with Crippen LogP contribution in [-0.4, -0.2) is 34.0 Å². The molecule has 0 aromatic heterocycles. The number of nitrogens with two attached hydrogens (primary N) is 1. The summed E-state index contributed by atoms with van der Waals surface area (Å²) in [6.07, 6.45) is 1.44. The number of nitrogens with one attached hydrogen (secondary N) is 2. The predicted octanol–water partition coefficient (Wildman–Crippen LogP) is 0.261. The average Bonchev–Trinajstić information content (AvgIpc) is 2.42. The number of carbonyl (C=O) groups is 1. The van der Waals surface area contributed by atoms with E-state index in [1.54, 1.807) is 6.07 Å². The molecule has 0 aliphatic carbocycles. The maximum atomic E-state index is 11.9. The molecule has 20 heavy (non-hydrogen) atoms. The molecule has 0 spiro atoms. The number of halogens is 1. The van der Waals surface area contributed by atoms with E-state index < -0.39 is 10.0 Å². The van der Waals surface area contributed by atoms with Gasteiger partial charge >= 0.3 is 0 Å². The highest BCUT2D eigenvalue weighted by Gasteiger charge is 2.15. The molecule has 0 atom stereocenters. The van der Waals surface area contributed by atoms with Gasteiger partial charge in [-0.1, -0.05) is 12.1 Å². The molecule has 1 aromatic rings. The summed E-state index contributed by atoms with van der Waals surface area (Å²) in [4.78, 5) is 11.7. The Kier molecular flexibility index (Phi) is 8.09. The monoisotopic (exact) mass is 319 g/mol. The second-order valence-corrected chi connectivity index (χ2v) is 5.48. The first kappa shape index (κ1) is 18.6. The van der Waals surface area contributed by atoms with Crippen molar-refractivity contribution in [3.63, 3.8) is 0 Å². The third-order valence-electron chi connectivity index (χ3n) is 2.25. The van der Waals surface area contributed by atoms with Crippen LogP contribution in [0.15, 0.2) is 41.8 Å². The van der Waals surface area contributed by atoms with Crippen molar-refractivity contribution in [2.45, 2.75) is 4.90 Å². The standard InChI is InChI=1S/C12H17N3O3S.ClH/c1-2-7-15-19(17,18)11-5-3-4-10(9-11)12(16)14-8-6-13;/h2-5,9,15H,1,6-8,13H2,(H,14,16);1H. The molecule has 0 heterocycles. The minimum atomic E-state index is -3.62. The molecule has 0 unspecified atom stereocenters. The lowest BCUT2D eigenvalue weighted by molar-refractivity contribution is 0.0954. The van der Waals surface area contributed by atoms with Crippen molar-refractivity contribution in [3.05, 3.63) is 42.5 Å². The molecule has 1 aromatic carbocycles.